The van der Waals surface area contributed by atoms with Crippen molar-refractivity contribution in [2.24, 2.45) is 0 Å². The lowest BCUT2D eigenvalue weighted by molar-refractivity contribution is -0.136. The Balaban J connectivity index is 2.46. The van der Waals surface area contributed by atoms with Gasteiger partial charge in [0.25, 0.3) is 0 Å². The van der Waals surface area contributed by atoms with Gasteiger partial charge in [-0.15, -0.1) is 0 Å². The molecule has 20 heavy (non-hydrogen) atoms. The van der Waals surface area contributed by atoms with Crippen LogP contribution in [0.1, 0.15) is 12.5 Å². The van der Waals surface area contributed by atoms with Crippen molar-refractivity contribution in [3.63, 3.8) is 0 Å². The summed E-state index contributed by atoms with van der Waals surface area (Å²) in [6.45, 7) is 0.972. The minimum Gasteiger partial charge on any atom is -0.294 e. The maximum Gasteiger partial charge on any atom is 0.244 e. The van der Waals surface area contributed by atoms with Gasteiger partial charge in [-0.2, -0.15) is 9.57 Å². The first-order chi connectivity index (χ1) is 9.36. The van der Waals surface area contributed by atoms with Crippen molar-refractivity contribution < 1.29 is 18.0 Å². The van der Waals surface area contributed by atoms with Gasteiger partial charge in [0.2, 0.25) is 21.8 Å². The molecule has 0 aromatic heterocycles. The van der Waals surface area contributed by atoms with Crippen LogP contribution in [0.3, 0.4) is 0 Å². The number of piperazine rings is 1. The number of imide groups is 1. The van der Waals surface area contributed by atoms with E-state index >= 15 is 0 Å². The third kappa shape index (κ3) is 2.41. The van der Waals surface area contributed by atoms with E-state index in [0.29, 0.717) is 0 Å². The van der Waals surface area contributed by atoms with Gasteiger partial charge < -0.3 is 0 Å². The summed E-state index contributed by atoms with van der Waals surface area (Å²) < 4.78 is 25.7. The average molecular weight is 293 g/mol. The number of amides is 2. The zero-order chi connectivity index (χ0) is 14.9. The Morgan fingerprint density at radius 2 is 2.10 bits per heavy atom. The van der Waals surface area contributed by atoms with Gasteiger partial charge in [0, 0.05) is 0 Å². The highest BCUT2D eigenvalue weighted by Crippen LogP contribution is 2.20. The molecule has 1 atom stereocenters. The van der Waals surface area contributed by atoms with Crippen LogP contribution in [0.15, 0.2) is 29.2 Å². The molecule has 2 rings (SSSR count). The number of nitriles is 1. The zero-order valence-electron chi connectivity index (χ0n) is 10.5. The fourth-order valence-electron chi connectivity index (χ4n) is 1.85. The smallest absolute Gasteiger partial charge is 0.244 e. The summed E-state index contributed by atoms with van der Waals surface area (Å²) in [5, 5.41) is 10.9. The van der Waals surface area contributed by atoms with E-state index in [2.05, 4.69) is 5.32 Å². The molecular formula is C12H11N3O4S. The van der Waals surface area contributed by atoms with Crippen molar-refractivity contribution in [2.75, 3.05) is 6.54 Å². The molecule has 1 saturated heterocycles. The number of nitrogens with zero attached hydrogens (tertiary/aromatic N) is 2. The SMILES string of the molecule is CC1C(=O)NC(=O)CN1S(=O)(=O)c1cccc(C#N)c1. The normalized spacial score (nSPS) is 20.3. The van der Waals surface area contributed by atoms with E-state index < -0.39 is 34.4 Å². The molecule has 7 nitrogen and oxygen atoms in total. The molecule has 0 spiro atoms. The van der Waals surface area contributed by atoms with Crippen molar-refractivity contribution in [3.05, 3.63) is 29.8 Å². The first-order valence-corrected chi connectivity index (χ1v) is 7.16. The number of carbonyl (C=O) groups excluding carboxylic acids is 2. The summed E-state index contributed by atoms with van der Waals surface area (Å²) in [7, 11) is -4.01. The maximum atomic E-state index is 12.4. The molecule has 0 aliphatic carbocycles. The Morgan fingerprint density at radius 3 is 2.75 bits per heavy atom. The Hall–Kier alpha value is -2.24. The second kappa shape index (κ2) is 5.03. The van der Waals surface area contributed by atoms with Gasteiger partial charge >= 0.3 is 0 Å². The van der Waals surface area contributed by atoms with E-state index in [4.69, 9.17) is 5.26 Å². The van der Waals surface area contributed by atoms with Gasteiger partial charge in [-0.3, -0.25) is 14.9 Å². The van der Waals surface area contributed by atoms with E-state index in [-0.39, 0.29) is 10.5 Å². The maximum absolute atomic E-state index is 12.4. The van der Waals surface area contributed by atoms with Crippen LogP contribution >= 0.6 is 0 Å². The Labute approximate surface area is 115 Å². The minimum atomic E-state index is -4.01. The largest absolute Gasteiger partial charge is 0.294 e. The number of nitrogens with one attached hydrogen (secondary N) is 1. The highest BCUT2D eigenvalue weighted by molar-refractivity contribution is 7.89. The molecule has 1 aromatic rings. The quantitative estimate of drug-likeness (QED) is 0.746. The second-order valence-corrected chi connectivity index (χ2v) is 6.17. The van der Waals surface area contributed by atoms with Crippen LogP contribution in [0.2, 0.25) is 0 Å². The van der Waals surface area contributed by atoms with Crippen LogP contribution in [-0.2, 0) is 19.6 Å². The van der Waals surface area contributed by atoms with Gasteiger partial charge in [-0.05, 0) is 25.1 Å². The number of sulfonamides is 1. The molecule has 1 aliphatic heterocycles. The average Bonchev–Trinajstić information content (AvgIpc) is 2.42. The fourth-order valence-corrected chi connectivity index (χ4v) is 3.44. The zero-order valence-corrected chi connectivity index (χ0v) is 11.3. The second-order valence-electron chi connectivity index (χ2n) is 4.28. The Kier molecular flexibility index (Phi) is 3.57. The van der Waals surface area contributed by atoms with Gasteiger partial charge in [0.05, 0.1) is 23.1 Å². The molecule has 0 bridgehead atoms. The van der Waals surface area contributed by atoms with Crippen LogP contribution in [0.4, 0.5) is 0 Å². The number of benzene rings is 1. The van der Waals surface area contributed by atoms with E-state index in [1.54, 1.807) is 0 Å². The summed E-state index contributed by atoms with van der Waals surface area (Å²) in [6, 6.07) is 6.29. The molecule has 1 aliphatic rings. The van der Waals surface area contributed by atoms with Crippen molar-refractivity contribution in [1.82, 2.24) is 9.62 Å². The van der Waals surface area contributed by atoms with E-state index in [9.17, 15) is 18.0 Å². The molecule has 1 aromatic carbocycles. The predicted molar refractivity (Wildman–Crippen MR) is 67.7 cm³/mol. The lowest BCUT2D eigenvalue weighted by Crippen LogP contribution is -2.58. The minimum absolute atomic E-state index is 0.120. The molecule has 1 fully saturated rings. The van der Waals surface area contributed by atoms with Crippen LogP contribution in [-0.4, -0.2) is 37.1 Å². The van der Waals surface area contributed by atoms with Crippen LogP contribution in [0.5, 0.6) is 0 Å². The van der Waals surface area contributed by atoms with Crippen LogP contribution < -0.4 is 5.32 Å². The van der Waals surface area contributed by atoms with Crippen molar-refractivity contribution in [3.8, 4) is 6.07 Å². The van der Waals surface area contributed by atoms with Crippen molar-refractivity contribution >= 4 is 21.8 Å². The topological polar surface area (TPSA) is 107 Å². The number of hydrogen-bond donors (Lipinski definition) is 1. The first-order valence-electron chi connectivity index (χ1n) is 5.72. The molecule has 0 saturated carbocycles. The van der Waals surface area contributed by atoms with Crippen molar-refractivity contribution in [1.29, 1.82) is 5.26 Å². The summed E-state index contributed by atoms with van der Waals surface area (Å²) in [4.78, 5) is 22.7. The third-order valence-electron chi connectivity index (χ3n) is 2.94. The molecular weight excluding hydrogens is 282 g/mol. The molecule has 1 N–H and O–H groups in total. The highest BCUT2D eigenvalue weighted by atomic mass is 32.2. The van der Waals surface area contributed by atoms with E-state index in [0.717, 1.165) is 4.31 Å². The molecule has 0 radical (unpaired) electrons. The van der Waals surface area contributed by atoms with Gasteiger partial charge in [0.1, 0.15) is 6.04 Å². The summed E-state index contributed by atoms with van der Waals surface area (Å²) in [5.74, 6) is -1.34. The third-order valence-corrected chi connectivity index (χ3v) is 4.86. The van der Waals surface area contributed by atoms with E-state index in [1.807, 2.05) is 6.07 Å². The molecule has 2 amide bonds. The van der Waals surface area contributed by atoms with Crippen LogP contribution in [0, 0.1) is 11.3 Å². The van der Waals surface area contributed by atoms with Gasteiger partial charge in [0.15, 0.2) is 0 Å². The predicted octanol–water partition coefficient (Wildman–Crippen LogP) is -0.406. The summed E-state index contributed by atoms with van der Waals surface area (Å²) in [6.07, 6.45) is 0. The lowest BCUT2D eigenvalue weighted by atomic mass is 10.2. The van der Waals surface area contributed by atoms with Crippen LogP contribution in [0.25, 0.3) is 0 Å². The highest BCUT2D eigenvalue weighted by Gasteiger charge is 2.38. The standard InChI is InChI=1S/C12H11N3O4S/c1-8-12(17)14-11(16)7-15(8)20(18,19)10-4-2-3-9(5-10)6-13/h2-5,8H,7H2,1H3,(H,14,16,17). The molecule has 1 unspecified atom stereocenters. The van der Waals surface area contributed by atoms with E-state index in [1.165, 1.54) is 31.2 Å². The molecule has 8 heteroatoms. The first kappa shape index (κ1) is 14.2. The lowest BCUT2D eigenvalue weighted by Gasteiger charge is -2.30. The van der Waals surface area contributed by atoms with Crippen molar-refractivity contribution in [2.45, 2.75) is 17.9 Å². The van der Waals surface area contributed by atoms with Gasteiger partial charge in [-0.1, -0.05) is 6.07 Å². The summed E-state index contributed by atoms with van der Waals surface area (Å²) in [5.41, 5.74) is 0.187. The monoisotopic (exact) mass is 293 g/mol. The summed E-state index contributed by atoms with van der Waals surface area (Å²) >= 11 is 0. The Bertz CT molecular complexity index is 720. The fraction of sp³-hybridized carbons (Fsp3) is 0.250. The number of rotatable bonds is 2. The molecule has 104 valence electrons. The number of hydrogen-bond acceptors (Lipinski definition) is 5. The molecule has 1 heterocycles. The van der Waals surface area contributed by atoms with Gasteiger partial charge in [-0.25, -0.2) is 8.42 Å². The number of carbonyl (C=O) groups is 2. The Morgan fingerprint density at radius 1 is 1.40 bits per heavy atom.